The highest BCUT2D eigenvalue weighted by atomic mass is 32.2. The van der Waals surface area contributed by atoms with E-state index in [0.29, 0.717) is 45.7 Å². The van der Waals surface area contributed by atoms with Gasteiger partial charge in [0.2, 0.25) is 23.8 Å². The van der Waals surface area contributed by atoms with E-state index in [1.54, 1.807) is 33.5 Å². The lowest BCUT2D eigenvalue weighted by Crippen LogP contribution is -2.35. The summed E-state index contributed by atoms with van der Waals surface area (Å²) < 4.78 is 93.6. The zero-order valence-electron chi connectivity index (χ0n) is 20.8. The highest BCUT2D eigenvalue weighted by Gasteiger charge is 2.38. The number of alkyl halides is 3. The molecule has 210 valence electrons. The lowest BCUT2D eigenvalue weighted by atomic mass is 10.0. The van der Waals surface area contributed by atoms with Crippen LogP contribution < -0.4 is 33.6 Å². The Morgan fingerprint density at radius 3 is 2.05 bits per heavy atom. The summed E-state index contributed by atoms with van der Waals surface area (Å²) in [5.41, 5.74) is -2.26. The maximum atomic E-state index is 12.7. The number of hydrogen-bond acceptors (Lipinski definition) is 11. The van der Waals surface area contributed by atoms with E-state index >= 15 is 0 Å². The summed E-state index contributed by atoms with van der Waals surface area (Å²) in [7, 11) is 0.453. The van der Waals surface area contributed by atoms with Gasteiger partial charge in [-0.1, -0.05) is 0 Å². The number of esters is 1. The van der Waals surface area contributed by atoms with Crippen LogP contribution in [0.3, 0.4) is 0 Å². The molecule has 5 rings (SSSR count). The van der Waals surface area contributed by atoms with Crippen molar-refractivity contribution in [2.45, 2.75) is 12.1 Å². The smallest absolute Gasteiger partial charge is 0.485 e. The fourth-order valence-electron chi connectivity index (χ4n) is 4.02. The van der Waals surface area contributed by atoms with Gasteiger partial charge in [-0.15, -0.1) is 0 Å². The van der Waals surface area contributed by atoms with Crippen molar-refractivity contribution in [1.29, 1.82) is 0 Å². The molecule has 0 fully saturated rings. The summed E-state index contributed by atoms with van der Waals surface area (Å²) in [4.78, 5) is 12.7. The van der Waals surface area contributed by atoms with E-state index in [-0.39, 0.29) is 19.4 Å². The molecule has 1 N–H and O–H groups in total. The summed E-state index contributed by atoms with van der Waals surface area (Å²) in [5.74, 6) is 2.35. The van der Waals surface area contributed by atoms with Gasteiger partial charge in [0.1, 0.15) is 7.05 Å². The number of carbonyl (C=O) groups excluding carboxylic acids is 1. The molecule has 2 aliphatic rings. The van der Waals surface area contributed by atoms with Crippen LogP contribution in [0.25, 0.3) is 10.9 Å². The van der Waals surface area contributed by atoms with E-state index in [0.717, 1.165) is 16.6 Å². The molecule has 0 unspecified atom stereocenters. The quantitative estimate of drug-likeness (QED) is 0.208. The van der Waals surface area contributed by atoms with Crippen molar-refractivity contribution in [3.63, 3.8) is 0 Å². The van der Waals surface area contributed by atoms with Gasteiger partial charge in [-0.05, 0) is 0 Å². The Bertz CT molecular complexity index is 1550. The number of methoxy groups -OCH3 is 3. The first-order valence-electron chi connectivity index (χ1n) is 10.8. The standard InChI is InChI=1S/C22H20N2O7.CHF3O3S/c1-24-13-8-16-15(30-10-31-16)7-12(13)20(19-14(24)9-29-22(19)25)23-11-5-17(26-2)21(28-4)18(6-11)27-3;2-1(3,4)8(5,6)7/h5-8H,9-10H2,1-4H3;(H,5,6,7). The number of halogens is 3. The van der Waals surface area contributed by atoms with Gasteiger partial charge in [-0.3, -0.25) is 0 Å². The van der Waals surface area contributed by atoms with Crippen molar-refractivity contribution < 1.29 is 63.9 Å². The summed E-state index contributed by atoms with van der Waals surface area (Å²) in [6.07, 6.45) is 0. The van der Waals surface area contributed by atoms with Crippen LogP contribution in [0.15, 0.2) is 24.3 Å². The Hall–Kier alpha value is -4.18. The average molecular weight is 574 g/mol. The van der Waals surface area contributed by atoms with Gasteiger partial charge in [-0.2, -0.15) is 17.7 Å². The van der Waals surface area contributed by atoms with E-state index in [1.165, 1.54) is 0 Å². The van der Waals surface area contributed by atoms with Crippen LogP contribution in [-0.2, 0) is 28.5 Å². The maximum Gasteiger partial charge on any atom is 0.485 e. The van der Waals surface area contributed by atoms with E-state index in [9.17, 15) is 18.0 Å². The predicted octanol–water partition coefficient (Wildman–Crippen LogP) is 2.88. The lowest BCUT2D eigenvalue weighted by molar-refractivity contribution is -0.653. The number of fused-ring (bicyclic) bond motifs is 3. The molecule has 0 bridgehead atoms. The number of carbonyl (C=O) groups is 1. The SMILES string of the molecule is COc1cc(Nc2c3c([n+](C)c4cc5c(cc24)OCO5)COC3=O)cc(OC)c1OC.O=S(=O)([O-])C(F)(F)F. The number of pyridine rings is 1. The maximum absolute atomic E-state index is 12.7. The summed E-state index contributed by atoms with van der Waals surface area (Å²) in [6.45, 7) is 0.353. The summed E-state index contributed by atoms with van der Waals surface area (Å²) in [5, 5.41) is 4.16. The summed E-state index contributed by atoms with van der Waals surface area (Å²) >= 11 is 0. The molecule has 0 spiro atoms. The molecule has 3 heterocycles. The molecule has 0 atom stereocenters. The molecule has 0 saturated heterocycles. The van der Waals surface area contributed by atoms with Gasteiger partial charge in [0.25, 0.3) is 0 Å². The van der Waals surface area contributed by atoms with Crippen molar-refractivity contribution in [2.24, 2.45) is 7.05 Å². The molecule has 1 aromatic heterocycles. The van der Waals surface area contributed by atoms with Crippen molar-refractivity contribution in [3.8, 4) is 28.7 Å². The molecular weight excluding hydrogens is 553 g/mol. The van der Waals surface area contributed by atoms with E-state index in [1.807, 2.05) is 23.7 Å². The first kappa shape index (κ1) is 27.8. The zero-order valence-corrected chi connectivity index (χ0v) is 21.6. The first-order chi connectivity index (χ1) is 18.3. The largest absolute Gasteiger partial charge is 0.741 e. The second-order valence-corrected chi connectivity index (χ2v) is 9.36. The van der Waals surface area contributed by atoms with Gasteiger partial charge >= 0.3 is 11.5 Å². The Kier molecular flexibility index (Phi) is 7.27. The molecule has 16 heteroatoms. The van der Waals surface area contributed by atoms with Gasteiger partial charge in [0.05, 0.1) is 38.5 Å². The minimum absolute atomic E-state index is 0.159. The summed E-state index contributed by atoms with van der Waals surface area (Å²) in [6, 6.07) is 7.32. The fraction of sp³-hybridized carbons (Fsp3) is 0.304. The van der Waals surface area contributed by atoms with Gasteiger partial charge in [0, 0.05) is 23.9 Å². The first-order valence-corrected chi connectivity index (χ1v) is 12.3. The number of aryl methyl sites for hydroxylation is 1. The number of anilines is 2. The van der Waals surface area contributed by atoms with Crippen LogP contribution in [0.4, 0.5) is 24.5 Å². The molecule has 3 aromatic rings. The Balaban J connectivity index is 0.000000386. The predicted molar refractivity (Wildman–Crippen MR) is 125 cm³/mol. The van der Waals surface area contributed by atoms with Crippen molar-refractivity contribution in [2.75, 3.05) is 33.4 Å². The van der Waals surface area contributed by atoms with Crippen molar-refractivity contribution in [3.05, 3.63) is 35.5 Å². The van der Waals surface area contributed by atoms with Crippen LogP contribution >= 0.6 is 0 Å². The normalized spacial score (nSPS) is 13.8. The minimum Gasteiger partial charge on any atom is -0.741 e. The van der Waals surface area contributed by atoms with E-state index in [4.69, 9.17) is 41.4 Å². The lowest BCUT2D eigenvalue weighted by Gasteiger charge is -2.17. The number of hydrogen-bond donors (Lipinski definition) is 1. The monoisotopic (exact) mass is 574 g/mol. The Labute approximate surface area is 219 Å². The molecule has 0 saturated carbocycles. The van der Waals surface area contributed by atoms with Crippen LogP contribution in [-0.4, -0.2) is 52.6 Å². The number of rotatable bonds is 5. The van der Waals surface area contributed by atoms with Crippen LogP contribution in [0.5, 0.6) is 28.7 Å². The van der Waals surface area contributed by atoms with Crippen LogP contribution in [0, 0.1) is 0 Å². The molecule has 0 aliphatic carbocycles. The third-order valence-corrected chi connectivity index (χ3v) is 6.39. The zero-order chi connectivity index (χ0) is 28.7. The van der Waals surface area contributed by atoms with E-state index in [2.05, 4.69) is 5.32 Å². The highest BCUT2D eigenvalue weighted by Crippen LogP contribution is 2.44. The third-order valence-electron chi connectivity index (χ3n) is 5.83. The second kappa shape index (κ2) is 10.2. The number of benzene rings is 2. The molecular formula is C23H21F3N2O10S. The molecule has 12 nitrogen and oxygen atoms in total. The molecule has 0 amide bonds. The highest BCUT2D eigenvalue weighted by molar-refractivity contribution is 7.86. The fourth-order valence-corrected chi connectivity index (χ4v) is 4.02. The Morgan fingerprint density at radius 2 is 1.54 bits per heavy atom. The van der Waals surface area contributed by atoms with Crippen LogP contribution in [0.1, 0.15) is 16.1 Å². The topological polar surface area (TPSA) is 146 Å². The number of nitrogens with zero attached hydrogens (tertiary/aromatic N) is 1. The number of ether oxygens (including phenoxy) is 6. The van der Waals surface area contributed by atoms with Gasteiger partial charge < -0.3 is 38.3 Å². The molecule has 2 aliphatic heterocycles. The minimum atomic E-state index is -6.09. The van der Waals surface area contributed by atoms with Crippen molar-refractivity contribution in [1.82, 2.24) is 0 Å². The van der Waals surface area contributed by atoms with E-state index < -0.39 is 15.6 Å². The Morgan fingerprint density at radius 1 is 0.974 bits per heavy atom. The van der Waals surface area contributed by atoms with Crippen LogP contribution in [0.2, 0.25) is 0 Å². The number of cyclic esters (lactones) is 1. The number of nitrogens with one attached hydrogen (secondary N) is 1. The molecule has 2 aromatic carbocycles. The second-order valence-electron chi connectivity index (χ2n) is 7.99. The average Bonchev–Trinajstić information content (AvgIpc) is 3.50. The molecule has 39 heavy (non-hydrogen) atoms. The van der Waals surface area contributed by atoms with Gasteiger partial charge in [0.15, 0.2) is 45.3 Å². The van der Waals surface area contributed by atoms with Crippen molar-refractivity contribution >= 4 is 38.4 Å². The third kappa shape index (κ3) is 5.12. The molecule has 0 radical (unpaired) electrons. The van der Waals surface area contributed by atoms with Gasteiger partial charge in [-0.25, -0.2) is 13.2 Å². The number of aromatic nitrogens is 1.